The van der Waals surface area contributed by atoms with Crippen LogP contribution in [0.25, 0.3) is 0 Å². The summed E-state index contributed by atoms with van der Waals surface area (Å²) in [6.07, 6.45) is 0.860. The third-order valence-corrected chi connectivity index (χ3v) is 4.09. The van der Waals surface area contributed by atoms with Crippen LogP contribution in [0.4, 0.5) is 16.2 Å². The Labute approximate surface area is 123 Å². The van der Waals surface area contributed by atoms with E-state index < -0.39 is 0 Å². The fraction of sp³-hybridized carbons (Fsp3) is 0.267. The predicted molar refractivity (Wildman–Crippen MR) is 85.1 cm³/mol. The van der Waals surface area contributed by atoms with E-state index in [1.165, 1.54) is 4.88 Å². The standard InChI is InChI=1S/C15H19N3OS/c1-11(9-14-7-4-8-20-14)18(2)15(19)17-13-6-3-5-12(16)10-13/h3-8,10-11H,9,16H2,1-2H3,(H,17,19). The summed E-state index contributed by atoms with van der Waals surface area (Å²) in [5, 5.41) is 4.90. The van der Waals surface area contributed by atoms with E-state index in [1.807, 2.05) is 25.1 Å². The van der Waals surface area contributed by atoms with Gasteiger partial charge in [-0.3, -0.25) is 0 Å². The molecule has 0 radical (unpaired) electrons. The number of carbonyl (C=O) groups excluding carboxylic acids is 1. The molecule has 0 saturated carbocycles. The number of nitrogens with two attached hydrogens (primary N) is 1. The van der Waals surface area contributed by atoms with Crippen molar-refractivity contribution in [3.8, 4) is 0 Å². The Morgan fingerprint density at radius 2 is 2.20 bits per heavy atom. The van der Waals surface area contributed by atoms with Crippen LogP contribution in [0.5, 0.6) is 0 Å². The highest BCUT2D eigenvalue weighted by Gasteiger charge is 2.16. The second-order valence-electron chi connectivity index (χ2n) is 4.80. The number of benzene rings is 1. The number of nitrogens with one attached hydrogen (secondary N) is 1. The molecule has 3 N–H and O–H groups in total. The highest BCUT2D eigenvalue weighted by Crippen LogP contribution is 2.16. The van der Waals surface area contributed by atoms with Gasteiger partial charge in [0.05, 0.1) is 0 Å². The first kappa shape index (κ1) is 14.4. The number of rotatable bonds is 4. The molecule has 1 aromatic carbocycles. The molecule has 0 aliphatic heterocycles. The third-order valence-electron chi connectivity index (χ3n) is 3.20. The molecule has 0 saturated heterocycles. The summed E-state index contributed by atoms with van der Waals surface area (Å²) in [5.74, 6) is 0. The molecule has 2 amide bonds. The molecule has 2 aromatic rings. The largest absolute Gasteiger partial charge is 0.399 e. The Morgan fingerprint density at radius 1 is 1.40 bits per heavy atom. The van der Waals surface area contributed by atoms with E-state index in [0.29, 0.717) is 11.4 Å². The molecule has 106 valence electrons. The Hall–Kier alpha value is -2.01. The number of carbonyl (C=O) groups is 1. The highest BCUT2D eigenvalue weighted by atomic mass is 32.1. The maximum absolute atomic E-state index is 12.2. The summed E-state index contributed by atoms with van der Waals surface area (Å²) in [6, 6.07) is 11.3. The number of nitrogens with zero attached hydrogens (tertiary/aromatic N) is 1. The number of likely N-dealkylation sites (N-methyl/N-ethyl adjacent to an activating group) is 1. The zero-order chi connectivity index (χ0) is 14.5. The lowest BCUT2D eigenvalue weighted by Gasteiger charge is -2.25. The lowest BCUT2D eigenvalue weighted by Crippen LogP contribution is -2.39. The van der Waals surface area contributed by atoms with E-state index in [2.05, 4.69) is 16.8 Å². The van der Waals surface area contributed by atoms with E-state index >= 15 is 0 Å². The summed E-state index contributed by atoms with van der Waals surface area (Å²) in [5.41, 5.74) is 7.05. The molecule has 0 aliphatic rings. The summed E-state index contributed by atoms with van der Waals surface area (Å²) in [6.45, 7) is 2.04. The summed E-state index contributed by atoms with van der Waals surface area (Å²) >= 11 is 1.71. The van der Waals surface area contributed by atoms with Crippen molar-refractivity contribution < 1.29 is 4.79 Å². The molecule has 4 nitrogen and oxygen atoms in total. The highest BCUT2D eigenvalue weighted by molar-refractivity contribution is 7.09. The predicted octanol–water partition coefficient (Wildman–Crippen LogP) is 3.43. The Kier molecular flexibility index (Phi) is 4.63. The minimum absolute atomic E-state index is 0.125. The average Bonchev–Trinajstić information content (AvgIpc) is 2.90. The maximum atomic E-state index is 12.2. The molecule has 0 bridgehead atoms. The summed E-state index contributed by atoms with van der Waals surface area (Å²) in [4.78, 5) is 15.2. The molecule has 2 rings (SSSR count). The van der Waals surface area contributed by atoms with Crippen molar-refractivity contribution in [2.75, 3.05) is 18.1 Å². The average molecular weight is 289 g/mol. The second-order valence-corrected chi connectivity index (χ2v) is 5.83. The number of hydrogen-bond acceptors (Lipinski definition) is 3. The van der Waals surface area contributed by atoms with Crippen molar-refractivity contribution in [1.82, 2.24) is 4.90 Å². The van der Waals surface area contributed by atoms with E-state index in [9.17, 15) is 4.79 Å². The molecule has 20 heavy (non-hydrogen) atoms. The number of nitrogen functional groups attached to an aromatic ring is 1. The van der Waals surface area contributed by atoms with E-state index in [0.717, 1.165) is 6.42 Å². The van der Waals surface area contributed by atoms with Gasteiger partial charge < -0.3 is 16.0 Å². The van der Waals surface area contributed by atoms with Crippen LogP contribution in [-0.2, 0) is 6.42 Å². The smallest absolute Gasteiger partial charge is 0.321 e. The van der Waals surface area contributed by atoms with Crippen LogP contribution in [0, 0.1) is 0 Å². The molecule has 1 unspecified atom stereocenters. The molecule has 5 heteroatoms. The number of urea groups is 1. The zero-order valence-electron chi connectivity index (χ0n) is 11.7. The fourth-order valence-corrected chi connectivity index (χ4v) is 2.71. The number of amides is 2. The van der Waals surface area contributed by atoms with Crippen molar-refractivity contribution in [2.24, 2.45) is 0 Å². The Morgan fingerprint density at radius 3 is 2.85 bits per heavy atom. The molecule has 1 heterocycles. The molecule has 1 atom stereocenters. The van der Waals surface area contributed by atoms with Crippen LogP contribution >= 0.6 is 11.3 Å². The molecular formula is C15H19N3OS. The monoisotopic (exact) mass is 289 g/mol. The van der Waals surface area contributed by atoms with Crippen molar-refractivity contribution in [1.29, 1.82) is 0 Å². The summed E-state index contributed by atoms with van der Waals surface area (Å²) in [7, 11) is 1.81. The first-order chi connectivity index (χ1) is 9.56. The van der Waals surface area contributed by atoms with Gasteiger partial charge in [0, 0.05) is 35.8 Å². The van der Waals surface area contributed by atoms with Crippen LogP contribution in [0.3, 0.4) is 0 Å². The van der Waals surface area contributed by atoms with Crippen LogP contribution in [0.1, 0.15) is 11.8 Å². The summed E-state index contributed by atoms with van der Waals surface area (Å²) < 4.78 is 0. The van der Waals surface area contributed by atoms with Gasteiger partial charge in [0.25, 0.3) is 0 Å². The van der Waals surface area contributed by atoms with Crippen LogP contribution < -0.4 is 11.1 Å². The van der Waals surface area contributed by atoms with Gasteiger partial charge in [0.1, 0.15) is 0 Å². The molecule has 0 aliphatic carbocycles. The van der Waals surface area contributed by atoms with Crippen LogP contribution in [0.2, 0.25) is 0 Å². The van der Waals surface area contributed by atoms with Crippen molar-refractivity contribution >= 4 is 28.7 Å². The maximum Gasteiger partial charge on any atom is 0.321 e. The van der Waals surface area contributed by atoms with Gasteiger partial charge in [-0.25, -0.2) is 4.79 Å². The number of anilines is 2. The van der Waals surface area contributed by atoms with Gasteiger partial charge in [-0.2, -0.15) is 0 Å². The van der Waals surface area contributed by atoms with E-state index in [-0.39, 0.29) is 12.1 Å². The SMILES string of the molecule is CC(Cc1cccs1)N(C)C(=O)Nc1cccc(N)c1. The van der Waals surface area contributed by atoms with Gasteiger partial charge in [-0.1, -0.05) is 12.1 Å². The zero-order valence-corrected chi connectivity index (χ0v) is 12.5. The van der Waals surface area contributed by atoms with E-state index in [1.54, 1.807) is 35.4 Å². The molecule has 1 aromatic heterocycles. The number of thiophene rings is 1. The Balaban J connectivity index is 1.94. The topological polar surface area (TPSA) is 58.4 Å². The number of hydrogen-bond donors (Lipinski definition) is 2. The third kappa shape index (κ3) is 3.74. The molecular weight excluding hydrogens is 270 g/mol. The molecule has 0 spiro atoms. The normalized spacial score (nSPS) is 11.9. The minimum Gasteiger partial charge on any atom is -0.399 e. The van der Waals surface area contributed by atoms with Crippen molar-refractivity contribution in [2.45, 2.75) is 19.4 Å². The quantitative estimate of drug-likeness (QED) is 0.847. The van der Waals surface area contributed by atoms with Gasteiger partial charge in [0.15, 0.2) is 0 Å². The van der Waals surface area contributed by atoms with Crippen LogP contribution in [0.15, 0.2) is 41.8 Å². The first-order valence-corrected chi connectivity index (χ1v) is 7.36. The van der Waals surface area contributed by atoms with Crippen molar-refractivity contribution in [3.05, 3.63) is 46.7 Å². The van der Waals surface area contributed by atoms with Gasteiger partial charge in [-0.05, 0) is 36.6 Å². The minimum atomic E-state index is -0.125. The van der Waals surface area contributed by atoms with Gasteiger partial charge >= 0.3 is 6.03 Å². The lowest BCUT2D eigenvalue weighted by atomic mass is 10.2. The fourth-order valence-electron chi connectivity index (χ4n) is 1.89. The van der Waals surface area contributed by atoms with Gasteiger partial charge in [0.2, 0.25) is 0 Å². The lowest BCUT2D eigenvalue weighted by molar-refractivity contribution is 0.208. The molecule has 0 fully saturated rings. The van der Waals surface area contributed by atoms with Crippen molar-refractivity contribution in [3.63, 3.8) is 0 Å². The van der Waals surface area contributed by atoms with E-state index in [4.69, 9.17) is 5.73 Å². The van der Waals surface area contributed by atoms with Gasteiger partial charge in [-0.15, -0.1) is 11.3 Å². The van der Waals surface area contributed by atoms with Crippen LogP contribution in [-0.4, -0.2) is 24.0 Å². The first-order valence-electron chi connectivity index (χ1n) is 6.48. The second kappa shape index (κ2) is 6.43. The Bertz CT molecular complexity index is 568.